The zero-order valence-electron chi connectivity index (χ0n) is 13.7. The molecule has 1 saturated heterocycles. The fourth-order valence-corrected chi connectivity index (χ4v) is 2.64. The molecule has 0 radical (unpaired) electrons. The number of nitrogens with zero attached hydrogens (tertiary/aromatic N) is 3. The number of rotatable bonds is 5. The van der Waals surface area contributed by atoms with Crippen molar-refractivity contribution in [2.45, 2.75) is 20.3 Å². The summed E-state index contributed by atoms with van der Waals surface area (Å²) in [5.74, 6) is -0.397. The number of nitrogens with one attached hydrogen (secondary N) is 1. The van der Waals surface area contributed by atoms with E-state index in [2.05, 4.69) is 10.3 Å². The molecule has 2 heterocycles. The highest BCUT2D eigenvalue weighted by Crippen LogP contribution is 2.19. The van der Waals surface area contributed by atoms with Gasteiger partial charge in [-0.3, -0.25) is 14.4 Å². The number of hydrogen-bond acceptors (Lipinski definition) is 4. The molecule has 1 aliphatic rings. The molecule has 1 unspecified atom stereocenters. The van der Waals surface area contributed by atoms with Crippen molar-refractivity contribution >= 4 is 23.5 Å². The van der Waals surface area contributed by atoms with Crippen LogP contribution in [0.5, 0.6) is 0 Å². The van der Waals surface area contributed by atoms with Crippen molar-refractivity contribution in [3.8, 4) is 0 Å². The molecular weight excluding hydrogens is 296 g/mol. The fraction of sp³-hybridized carbons (Fsp3) is 0.500. The van der Waals surface area contributed by atoms with Gasteiger partial charge in [-0.15, -0.1) is 0 Å². The van der Waals surface area contributed by atoms with E-state index < -0.39 is 0 Å². The van der Waals surface area contributed by atoms with Crippen LogP contribution in [0.4, 0.5) is 5.82 Å². The summed E-state index contributed by atoms with van der Waals surface area (Å²) in [5.41, 5.74) is 0.802. The van der Waals surface area contributed by atoms with Crippen LogP contribution in [0.15, 0.2) is 18.2 Å². The molecule has 23 heavy (non-hydrogen) atoms. The van der Waals surface area contributed by atoms with Crippen molar-refractivity contribution < 1.29 is 14.4 Å². The number of pyridine rings is 1. The topological polar surface area (TPSA) is 82.6 Å². The third-order valence-corrected chi connectivity index (χ3v) is 3.86. The summed E-state index contributed by atoms with van der Waals surface area (Å²) in [6.07, 6.45) is 0.220. The van der Waals surface area contributed by atoms with E-state index in [1.165, 1.54) is 4.90 Å². The maximum atomic E-state index is 12.3. The van der Waals surface area contributed by atoms with E-state index in [9.17, 15) is 14.4 Å². The monoisotopic (exact) mass is 318 g/mol. The van der Waals surface area contributed by atoms with Crippen LogP contribution in [0.3, 0.4) is 0 Å². The van der Waals surface area contributed by atoms with Crippen LogP contribution in [0, 0.1) is 12.8 Å². The molecule has 2 rings (SSSR count). The summed E-state index contributed by atoms with van der Waals surface area (Å²) < 4.78 is 0. The number of likely N-dealkylation sites (N-methyl/N-ethyl adjacent to an activating group) is 1. The number of aryl methyl sites for hydroxylation is 1. The van der Waals surface area contributed by atoms with Crippen molar-refractivity contribution in [3.05, 3.63) is 23.9 Å². The maximum absolute atomic E-state index is 12.3. The molecule has 0 bridgehead atoms. The van der Waals surface area contributed by atoms with Crippen LogP contribution in [0.25, 0.3) is 0 Å². The van der Waals surface area contributed by atoms with Gasteiger partial charge >= 0.3 is 0 Å². The van der Waals surface area contributed by atoms with Gasteiger partial charge in [0.15, 0.2) is 0 Å². The summed E-state index contributed by atoms with van der Waals surface area (Å²) >= 11 is 0. The third-order valence-electron chi connectivity index (χ3n) is 3.86. The minimum absolute atomic E-state index is 0.00679. The van der Waals surface area contributed by atoms with Crippen LogP contribution in [-0.2, 0) is 14.4 Å². The predicted molar refractivity (Wildman–Crippen MR) is 85.6 cm³/mol. The van der Waals surface area contributed by atoms with Crippen LogP contribution in [-0.4, -0.2) is 59.2 Å². The standard InChI is InChI=1S/C16H22N4O3/c1-4-20-9-12(8-15(20)22)16(23)19(3)10-14(21)18-13-7-5-6-11(2)17-13/h5-7,12H,4,8-10H2,1-3H3,(H,17,18,21). The normalized spacial score (nSPS) is 17.3. The lowest BCUT2D eigenvalue weighted by Gasteiger charge is -2.20. The SMILES string of the molecule is CCN1CC(C(=O)N(C)CC(=O)Nc2cccc(C)n2)CC1=O. The summed E-state index contributed by atoms with van der Waals surface area (Å²) in [4.78, 5) is 43.3. The Morgan fingerprint density at radius 3 is 2.78 bits per heavy atom. The average molecular weight is 318 g/mol. The molecule has 7 nitrogen and oxygen atoms in total. The minimum atomic E-state index is -0.364. The lowest BCUT2D eigenvalue weighted by atomic mass is 10.1. The summed E-state index contributed by atoms with van der Waals surface area (Å²) in [7, 11) is 1.57. The number of likely N-dealkylation sites (tertiary alicyclic amines) is 1. The first kappa shape index (κ1) is 16.9. The third kappa shape index (κ3) is 4.28. The Kier molecular flexibility index (Phi) is 5.31. The molecule has 1 aromatic heterocycles. The van der Waals surface area contributed by atoms with E-state index in [0.717, 1.165) is 5.69 Å². The first-order valence-electron chi connectivity index (χ1n) is 7.67. The zero-order chi connectivity index (χ0) is 17.0. The Hall–Kier alpha value is -2.44. The number of hydrogen-bond donors (Lipinski definition) is 1. The smallest absolute Gasteiger partial charge is 0.245 e. The summed E-state index contributed by atoms with van der Waals surface area (Å²) in [6.45, 7) is 4.69. The van der Waals surface area contributed by atoms with Gasteiger partial charge in [0.05, 0.1) is 12.5 Å². The molecular formula is C16H22N4O3. The number of amides is 3. The van der Waals surface area contributed by atoms with Crippen molar-refractivity contribution in [2.24, 2.45) is 5.92 Å². The van der Waals surface area contributed by atoms with Crippen LogP contribution < -0.4 is 5.32 Å². The van der Waals surface area contributed by atoms with Gasteiger partial charge in [0.1, 0.15) is 5.82 Å². The molecule has 1 aliphatic heterocycles. The molecule has 1 N–H and O–H groups in total. The molecule has 3 amide bonds. The molecule has 7 heteroatoms. The van der Waals surface area contributed by atoms with E-state index in [4.69, 9.17) is 0 Å². The zero-order valence-corrected chi connectivity index (χ0v) is 13.7. The second-order valence-corrected chi connectivity index (χ2v) is 5.74. The second kappa shape index (κ2) is 7.21. The lowest BCUT2D eigenvalue weighted by molar-refractivity contribution is -0.137. The highest BCUT2D eigenvalue weighted by molar-refractivity contribution is 5.95. The summed E-state index contributed by atoms with van der Waals surface area (Å²) in [6, 6.07) is 5.33. The molecule has 1 aromatic rings. The van der Waals surface area contributed by atoms with E-state index in [0.29, 0.717) is 18.9 Å². The van der Waals surface area contributed by atoms with E-state index in [1.807, 2.05) is 19.9 Å². The molecule has 1 fully saturated rings. The van der Waals surface area contributed by atoms with Gasteiger partial charge in [-0.25, -0.2) is 4.98 Å². The quantitative estimate of drug-likeness (QED) is 0.864. The average Bonchev–Trinajstić information content (AvgIpc) is 2.87. The molecule has 0 aliphatic carbocycles. The van der Waals surface area contributed by atoms with Gasteiger partial charge in [-0.2, -0.15) is 0 Å². The highest BCUT2D eigenvalue weighted by Gasteiger charge is 2.35. The van der Waals surface area contributed by atoms with Gasteiger partial charge in [-0.05, 0) is 26.0 Å². The van der Waals surface area contributed by atoms with Crippen molar-refractivity contribution in [3.63, 3.8) is 0 Å². The van der Waals surface area contributed by atoms with E-state index in [1.54, 1.807) is 24.1 Å². The van der Waals surface area contributed by atoms with Gasteiger partial charge in [0.25, 0.3) is 0 Å². The molecule has 0 aromatic carbocycles. The lowest BCUT2D eigenvalue weighted by Crippen LogP contribution is -2.39. The number of aromatic nitrogens is 1. The maximum Gasteiger partial charge on any atom is 0.245 e. The van der Waals surface area contributed by atoms with E-state index >= 15 is 0 Å². The first-order valence-corrected chi connectivity index (χ1v) is 7.67. The largest absolute Gasteiger partial charge is 0.342 e. The van der Waals surface area contributed by atoms with Crippen molar-refractivity contribution in [1.29, 1.82) is 0 Å². The van der Waals surface area contributed by atoms with Crippen LogP contribution >= 0.6 is 0 Å². The van der Waals surface area contributed by atoms with Gasteiger partial charge in [0.2, 0.25) is 17.7 Å². The predicted octanol–water partition coefficient (Wildman–Crippen LogP) is 0.655. The minimum Gasteiger partial charge on any atom is -0.342 e. The van der Waals surface area contributed by atoms with E-state index in [-0.39, 0.29) is 36.6 Å². The Morgan fingerprint density at radius 1 is 1.43 bits per heavy atom. The number of anilines is 1. The molecule has 0 saturated carbocycles. The second-order valence-electron chi connectivity index (χ2n) is 5.74. The Balaban J connectivity index is 1.88. The van der Waals surface area contributed by atoms with Crippen molar-refractivity contribution in [1.82, 2.24) is 14.8 Å². The van der Waals surface area contributed by atoms with Crippen LogP contribution in [0.1, 0.15) is 19.0 Å². The van der Waals surface area contributed by atoms with Crippen LogP contribution in [0.2, 0.25) is 0 Å². The molecule has 124 valence electrons. The Bertz CT molecular complexity index is 617. The van der Waals surface area contributed by atoms with Gasteiger partial charge in [-0.1, -0.05) is 6.07 Å². The Morgan fingerprint density at radius 2 is 2.17 bits per heavy atom. The van der Waals surface area contributed by atoms with Crippen molar-refractivity contribution in [2.75, 3.05) is 32.0 Å². The summed E-state index contributed by atoms with van der Waals surface area (Å²) in [5, 5.41) is 2.67. The number of carbonyl (C=O) groups is 3. The highest BCUT2D eigenvalue weighted by atomic mass is 16.2. The van der Waals surface area contributed by atoms with Gasteiger partial charge in [0, 0.05) is 32.3 Å². The van der Waals surface area contributed by atoms with Gasteiger partial charge < -0.3 is 15.1 Å². The fourth-order valence-electron chi connectivity index (χ4n) is 2.64. The Labute approximate surface area is 135 Å². The molecule has 1 atom stereocenters. The number of carbonyl (C=O) groups excluding carboxylic acids is 3. The molecule has 0 spiro atoms. The first-order chi connectivity index (χ1) is 10.9.